The normalized spacial score (nSPS) is 15.3. The van der Waals surface area contributed by atoms with Crippen molar-refractivity contribution in [3.8, 4) is 0 Å². The van der Waals surface area contributed by atoms with Gasteiger partial charge < -0.3 is 10.1 Å². The average molecular weight is 434 g/mol. The molecule has 1 heterocycles. The number of thiazole rings is 1. The van der Waals surface area contributed by atoms with Crippen molar-refractivity contribution in [2.24, 2.45) is 0 Å². The minimum atomic E-state index is -1.02. The molecule has 0 bridgehead atoms. The molecule has 0 radical (unpaired) electrons. The summed E-state index contributed by atoms with van der Waals surface area (Å²) in [6.07, 6.45) is 5.62. The van der Waals surface area contributed by atoms with E-state index in [4.69, 9.17) is 4.74 Å². The van der Waals surface area contributed by atoms with Gasteiger partial charge in [0.25, 0.3) is 11.8 Å². The number of rotatable bonds is 7. The molecule has 1 atom stereocenters. The maximum absolute atomic E-state index is 13.2. The quantitative estimate of drug-likeness (QED) is 0.677. The van der Waals surface area contributed by atoms with Gasteiger partial charge >= 0.3 is 5.97 Å². The monoisotopic (exact) mass is 433 g/mol. The van der Waals surface area contributed by atoms with E-state index in [9.17, 15) is 18.8 Å². The summed E-state index contributed by atoms with van der Waals surface area (Å²) in [5.41, 5.74) is 0.0965. The summed E-state index contributed by atoms with van der Waals surface area (Å²) in [5, 5.41) is 4.77. The lowest BCUT2D eigenvalue weighted by atomic mass is 9.94. The zero-order chi connectivity index (χ0) is 21.5. The highest BCUT2D eigenvalue weighted by Gasteiger charge is 2.33. The Morgan fingerprint density at radius 2 is 2.07 bits per heavy atom. The summed E-state index contributed by atoms with van der Waals surface area (Å²) >= 11 is 1.37. The third-order valence-corrected chi connectivity index (χ3v) is 5.71. The molecule has 1 aromatic heterocycles. The van der Waals surface area contributed by atoms with Gasteiger partial charge in [-0.05, 0) is 38.0 Å². The first-order valence-electron chi connectivity index (χ1n) is 9.91. The molecule has 30 heavy (non-hydrogen) atoms. The van der Waals surface area contributed by atoms with Gasteiger partial charge in [-0.2, -0.15) is 0 Å². The van der Waals surface area contributed by atoms with Gasteiger partial charge in [0, 0.05) is 23.2 Å². The fraction of sp³-hybridized carbons (Fsp3) is 0.429. The second-order valence-electron chi connectivity index (χ2n) is 7.14. The van der Waals surface area contributed by atoms with E-state index in [0.717, 1.165) is 38.2 Å². The summed E-state index contributed by atoms with van der Waals surface area (Å²) < 4.78 is 18.5. The number of nitrogens with one attached hydrogen (secondary N) is 1. The lowest BCUT2D eigenvalue weighted by Crippen LogP contribution is -2.47. The maximum Gasteiger partial charge on any atom is 0.326 e. The average Bonchev–Trinajstić information content (AvgIpc) is 3.27. The van der Waals surface area contributed by atoms with Crippen molar-refractivity contribution in [3.05, 3.63) is 47.2 Å². The molecule has 1 aliphatic carbocycles. The van der Waals surface area contributed by atoms with Crippen LogP contribution in [0.2, 0.25) is 0 Å². The van der Waals surface area contributed by atoms with E-state index in [1.165, 1.54) is 36.5 Å². The predicted octanol–water partition coefficient (Wildman–Crippen LogP) is 3.31. The molecule has 0 saturated heterocycles. The van der Waals surface area contributed by atoms with Crippen molar-refractivity contribution < 1.29 is 23.5 Å². The van der Waals surface area contributed by atoms with Crippen molar-refractivity contribution in [2.45, 2.75) is 51.2 Å². The molecular formula is C21H24FN3O4S. The first kappa shape index (κ1) is 21.9. The zero-order valence-electron chi connectivity index (χ0n) is 16.7. The molecule has 1 aliphatic rings. The Labute approximate surface area is 178 Å². The van der Waals surface area contributed by atoms with Crippen molar-refractivity contribution in [2.75, 3.05) is 11.4 Å². The van der Waals surface area contributed by atoms with Crippen LogP contribution in [0.25, 0.3) is 0 Å². The van der Waals surface area contributed by atoms with Gasteiger partial charge in [-0.3, -0.25) is 19.3 Å². The molecule has 9 heteroatoms. The number of benzene rings is 1. The molecular weight excluding hydrogens is 409 g/mol. The number of esters is 1. The van der Waals surface area contributed by atoms with Crippen molar-refractivity contribution >= 4 is 34.3 Å². The molecule has 0 aliphatic heterocycles. The second-order valence-corrected chi connectivity index (χ2v) is 8.01. The number of hydrogen-bond acceptors (Lipinski definition) is 6. The number of anilines is 1. The van der Waals surface area contributed by atoms with Gasteiger partial charge in [-0.15, -0.1) is 11.3 Å². The van der Waals surface area contributed by atoms with E-state index in [0.29, 0.717) is 5.13 Å². The fourth-order valence-corrected chi connectivity index (χ4v) is 4.19. The van der Waals surface area contributed by atoms with Crippen molar-refractivity contribution in [3.63, 3.8) is 0 Å². The zero-order valence-corrected chi connectivity index (χ0v) is 17.5. The molecule has 1 saturated carbocycles. The number of carbonyl (C=O) groups is 3. The maximum atomic E-state index is 13.2. The van der Waals surface area contributed by atoms with E-state index < -0.39 is 30.3 Å². The number of aromatic nitrogens is 1. The Balaban J connectivity index is 1.57. The van der Waals surface area contributed by atoms with Crippen LogP contribution in [0.3, 0.4) is 0 Å². The largest absolute Gasteiger partial charge is 0.451 e. The van der Waals surface area contributed by atoms with Crippen LogP contribution < -0.4 is 10.2 Å². The summed E-state index contributed by atoms with van der Waals surface area (Å²) in [6.45, 7) is 1.09. The number of amides is 2. The Hall–Kier alpha value is -2.81. The van der Waals surface area contributed by atoms with Gasteiger partial charge in [0.2, 0.25) is 0 Å². The number of hydrogen-bond donors (Lipinski definition) is 1. The smallest absolute Gasteiger partial charge is 0.326 e. The summed E-state index contributed by atoms with van der Waals surface area (Å²) in [4.78, 5) is 43.2. The molecule has 3 rings (SSSR count). The lowest BCUT2D eigenvalue weighted by Gasteiger charge is -2.33. The van der Waals surface area contributed by atoms with Crippen LogP contribution >= 0.6 is 11.3 Å². The van der Waals surface area contributed by atoms with Crippen LogP contribution in [0.4, 0.5) is 9.52 Å². The van der Waals surface area contributed by atoms with Crippen LogP contribution in [0.15, 0.2) is 35.8 Å². The van der Waals surface area contributed by atoms with E-state index in [2.05, 4.69) is 10.3 Å². The van der Waals surface area contributed by atoms with E-state index in [1.807, 2.05) is 0 Å². The highest BCUT2D eigenvalue weighted by molar-refractivity contribution is 7.13. The van der Waals surface area contributed by atoms with E-state index in [-0.39, 0.29) is 17.5 Å². The van der Waals surface area contributed by atoms with Crippen LogP contribution in [-0.2, 0) is 14.3 Å². The van der Waals surface area contributed by atoms with Crippen LogP contribution in [-0.4, -0.2) is 41.5 Å². The third-order valence-electron chi connectivity index (χ3n) is 4.94. The highest BCUT2D eigenvalue weighted by Crippen LogP contribution is 2.29. The third kappa shape index (κ3) is 5.63. The summed E-state index contributed by atoms with van der Waals surface area (Å²) in [7, 11) is 0. The van der Waals surface area contributed by atoms with Crippen molar-refractivity contribution in [1.82, 2.24) is 10.3 Å². The summed E-state index contributed by atoms with van der Waals surface area (Å²) in [6, 6.07) is 5.17. The number of nitrogens with zero attached hydrogens (tertiary/aromatic N) is 2. The predicted molar refractivity (Wildman–Crippen MR) is 111 cm³/mol. The molecule has 1 fully saturated rings. The Bertz CT molecular complexity index is 884. The van der Waals surface area contributed by atoms with Gasteiger partial charge in [-0.1, -0.05) is 25.3 Å². The lowest BCUT2D eigenvalue weighted by molar-refractivity contribution is -0.153. The topological polar surface area (TPSA) is 88.6 Å². The Morgan fingerprint density at radius 1 is 1.30 bits per heavy atom. The minimum absolute atomic E-state index is 0.0335. The van der Waals surface area contributed by atoms with Gasteiger partial charge in [0.05, 0.1) is 0 Å². The molecule has 2 aromatic rings. The molecule has 0 spiro atoms. The van der Waals surface area contributed by atoms with Crippen LogP contribution in [0, 0.1) is 5.82 Å². The van der Waals surface area contributed by atoms with Crippen LogP contribution in [0.5, 0.6) is 0 Å². The first-order chi connectivity index (χ1) is 14.5. The number of halogens is 1. The molecule has 1 aromatic carbocycles. The highest BCUT2D eigenvalue weighted by atomic mass is 32.1. The molecule has 1 unspecified atom stereocenters. The Kier molecular flexibility index (Phi) is 7.51. The van der Waals surface area contributed by atoms with Gasteiger partial charge in [0.15, 0.2) is 11.2 Å². The van der Waals surface area contributed by atoms with Gasteiger partial charge in [-0.25, -0.2) is 9.37 Å². The second kappa shape index (κ2) is 10.3. The molecule has 7 nitrogen and oxygen atoms in total. The molecule has 160 valence electrons. The number of carbonyl (C=O) groups excluding carboxylic acids is 3. The number of ether oxygens (including phenoxy) is 1. The fourth-order valence-electron chi connectivity index (χ4n) is 3.47. The Morgan fingerprint density at radius 3 is 2.73 bits per heavy atom. The van der Waals surface area contributed by atoms with Crippen molar-refractivity contribution in [1.29, 1.82) is 0 Å². The molecule has 1 N–H and O–H groups in total. The SMILES string of the molecule is CC(OC(=O)CNC(=O)c1cccc(F)c1)C(=O)N(c1nccs1)C1CCCCC1. The summed E-state index contributed by atoms with van der Waals surface area (Å²) in [5.74, 6) is -2.23. The van der Waals surface area contributed by atoms with E-state index >= 15 is 0 Å². The standard InChI is InChI=1S/C21H24FN3O4S/c1-14(29-18(26)13-24-19(27)15-6-5-7-16(22)12-15)20(28)25(21-23-10-11-30-21)17-8-3-2-4-9-17/h5-7,10-12,14,17H,2-4,8-9,13H2,1H3,(H,24,27). The van der Waals surface area contributed by atoms with E-state index in [1.54, 1.807) is 16.5 Å². The first-order valence-corrected chi connectivity index (χ1v) is 10.8. The molecule has 2 amide bonds. The minimum Gasteiger partial charge on any atom is -0.451 e. The van der Waals surface area contributed by atoms with Gasteiger partial charge in [0.1, 0.15) is 12.4 Å². The van der Waals surface area contributed by atoms with Crippen LogP contribution in [0.1, 0.15) is 49.4 Å².